The topological polar surface area (TPSA) is 34.2 Å². The van der Waals surface area contributed by atoms with Crippen LogP contribution in [0.5, 0.6) is 5.75 Å². The van der Waals surface area contributed by atoms with Crippen molar-refractivity contribution in [3.63, 3.8) is 0 Å². The largest absolute Gasteiger partial charge is 0.490 e. The summed E-state index contributed by atoms with van der Waals surface area (Å²) in [7, 11) is 0. The van der Waals surface area contributed by atoms with Crippen LogP contribution in [0.4, 0.5) is 4.39 Å². The van der Waals surface area contributed by atoms with E-state index in [9.17, 15) is 4.39 Å². The Bertz CT molecular complexity index is 585. The molecule has 0 saturated carbocycles. The van der Waals surface area contributed by atoms with Crippen LogP contribution in [0, 0.1) is 12.7 Å². The normalized spacial score (nSPS) is 17.9. The number of thiazole rings is 1. The van der Waals surface area contributed by atoms with Gasteiger partial charge in [0.2, 0.25) is 0 Å². The summed E-state index contributed by atoms with van der Waals surface area (Å²) in [4.78, 5) is 5.53. The van der Waals surface area contributed by atoms with Gasteiger partial charge in [-0.2, -0.15) is 0 Å². The zero-order valence-electron chi connectivity index (χ0n) is 10.6. The highest BCUT2D eigenvalue weighted by molar-refractivity contribution is 7.11. The van der Waals surface area contributed by atoms with Gasteiger partial charge in [0.15, 0.2) is 11.6 Å². The summed E-state index contributed by atoms with van der Waals surface area (Å²) >= 11 is 1.68. The van der Waals surface area contributed by atoms with E-state index in [2.05, 4.69) is 10.3 Å². The van der Waals surface area contributed by atoms with E-state index in [1.807, 2.05) is 19.2 Å². The average Bonchev–Trinajstić information content (AvgIpc) is 2.83. The van der Waals surface area contributed by atoms with Crippen LogP contribution in [0.2, 0.25) is 0 Å². The Morgan fingerprint density at radius 3 is 3.21 bits per heavy atom. The molecule has 0 unspecified atom stereocenters. The van der Waals surface area contributed by atoms with Crippen molar-refractivity contribution in [2.24, 2.45) is 0 Å². The fraction of sp³-hybridized carbons (Fsp3) is 0.357. The highest BCUT2D eigenvalue weighted by atomic mass is 32.1. The molecule has 0 bridgehead atoms. The number of nitrogens with zero attached hydrogens (tertiary/aromatic N) is 1. The second-order valence-electron chi connectivity index (χ2n) is 4.59. The van der Waals surface area contributed by atoms with Crippen molar-refractivity contribution in [3.8, 4) is 5.75 Å². The Hall–Kier alpha value is -1.46. The number of para-hydroxylation sites is 1. The summed E-state index contributed by atoms with van der Waals surface area (Å²) in [5, 5.41) is 4.49. The molecule has 3 nitrogen and oxygen atoms in total. The number of aromatic nitrogens is 1. The molecule has 2 heterocycles. The summed E-state index contributed by atoms with van der Waals surface area (Å²) in [6, 6.07) is 5.21. The van der Waals surface area contributed by atoms with E-state index < -0.39 is 0 Å². The predicted octanol–water partition coefficient (Wildman–Crippen LogP) is 3.20. The summed E-state index contributed by atoms with van der Waals surface area (Å²) < 4.78 is 19.1. The van der Waals surface area contributed by atoms with Crippen LogP contribution in [0.1, 0.15) is 27.9 Å². The van der Waals surface area contributed by atoms with E-state index >= 15 is 0 Å². The van der Waals surface area contributed by atoms with Gasteiger partial charge in [-0.15, -0.1) is 11.3 Å². The maximum Gasteiger partial charge on any atom is 0.165 e. The highest BCUT2D eigenvalue weighted by Crippen LogP contribution is 2.34. The van der Waals surface area contributed by atoms with Crippen molar-refractivity contribution in [2.75, 3.05) is 6.61 Å². The van der Waals surface area contributed by atoms with Crippen molar-refractivity contribution in [1.82, 2.24) is 10.3 Å². The SMILES string of the molecule is Cc1cnc(CN[C@@H]2CCOc3c(F)cccc32)s1. The summed E-state index contributed by atoms with van der Waals surface area (Å²) in [5.41, 5.74) is 0.902. The van der Waals surface area contributed by atoms with E-state index in [0.717, 1.165) is 17.0 Å². The molecule has 0 spiro atoms. The van der Waals surface area contributed by atoms with Gasteiger partial charge in [-0.1, -0.05) is 12.1 Å². The molecule has 1 aliphatic rings. The van der Waals surface area contributed by atoms with Gasteiger partial charge in [-0.25, -0.2) is 9.37 Å². The minimum atomic E-state index is -0.283. The maximum atomic E-state index is 13.6. The molecule has 0 fully saturated rings. The lowest BCUT2D eigenvalue weighted by Gasteiger charge is -2.26. The minimum Gasteiger partial charge on any atom is -0.490 e. The Morgan fingerprint density at radius 2 is 2.42 bits per heavy atom. The Morgan fingerprint density at radius 1 is 1.53 bits per heavy atom. The van der Waals surface area contributed by atoms with Gasteiger partial charge in [0.1, 0.15) is 5.01 Å². The Labute approximate surface area is 115 Å². The number of fused-ring (bicyclic) bond motifs is 1. The molecule has 0 radical (unpaired) electrons. The number of ether oxygens (including phenoxy) is 1. The lowest BCUT2D eigenvalue weighted by Crippen LogP contribution is -2.27. The molecule has 100 valence electrons. The van der Waals surface area contributed by atoms with Gasteiger partial charge in [0.25, 0.3) is 0 Å². The third-order valence-corrected chi connectivity index (χ3v) is 4.11. The molecule has 5 heteroatoms. The average molecular weight is 278 g/mol. The lowest BCUT2D eigenvalue weighted by molar-refractivity contribution is 0.240. The molecule has 1 aromatic carbocycles. The van der Waals surface area contributed by atoms with E-state index in [1.165, 1.54) is 10.9 Å². The third kappa shape index (κ3) is 2.62. The third-order valence-electron chi connectivity index (χ3n) is 3.19. The number of benzene rings is 1. The summed E-state index contributed by atoms with van der Waals surface area (Å²) in [5.74, 6) is 0.107. The number of nitrogens with one attached hydrogen (secondary N) is 1. The van der Waals surface area contributed by atoms with Crippen LogP contribution >= 0.6 is 11.3 Å². The fourth-order valence-electron chi connectivity index (χ4n) is 2.29. The maximum absolute atomic E-state index is 13.6. The number of halogens is 1. The minimum absolute atomic E-state index is 0.128. The molecule has 1 atom stereocenters. The number of hydrogen-bond acceptors (Lipinski definition) is 4. The van der Waals surface area contributed by atoms with E-state index in [-0.39, 0.29) is 11.9 Å². The van der Waals surface area contributed by atoms with E-state index in [1.54, 1.807) is 17.4 Å². The Kier molecular flexibility index (Phi) is 3.48. The molecule has 1 N–H and O–H groups in total. The van der Waals surface area contributed by atoms with Crippen molar-refractivity contribution in [2.45, 2.75) is 25.9 Å². The van der Waals surface area contributed by atoms with Crippen LogP contribution in [0.15, 0.2) is 24.4 Å². The zero-order chi connectivity index (χ0) is 13.2. The highest BCUT2D eigenvalue weighted by Gasteiger charge is 2.23. The monoisotopic (exact) mass is 278 g/mol. The van der Waals surface area contributed by atoms with E-state index in [4.69, 9.17) is 4.74 Å². The van der Waals surface area contributed by atoms with Gasteiger partial charge in [0, 0.05) is 35.6 Å². The van der Waals surface area contributed by atoms with Crippen molar-refractivity contribution in [1.29, 1.82) is 0 Å². The lowest BCUT2D eigenvalue weighted by atomic mass is 10.0. The van der Waals surface area contributed by atoms with Crippen LogP contribution in [-0.2, 0) is 6.54 Å². The number of rotatable bonds is 3. The van der Waals surface area contributed by atoms with Crippen molar-refractivity contribution >= 4 is 11.3 Å². The quantitative estimate of drug-likeness (QED) is 0.936. The van der Waals surface area contributed by atoms with Crippen LogP contribution in [-0.4, -0.2) is 11.6 Å². The first-order valence-electron chi connectivity index (χ1n) is 6.30. The van der Waals surface area contributed by atoms with Crippen LogP contribution < -0.4 is 10.1 Å². The first-order chi connectivity index (χ1) is 9.24. The van der Waals surface area contributed by atoms with Gasteiger partial charge >= 0.3 is 0 Å². The molecule has 1 aliphatic heterocycles. The number of aryl methyl sites for hydroxylation is 1. The second-order valence-corrected chi connectivity index (χ2v) is 5.91. The fourth-order valence-corrected chi connectivity index (χ4v) is 3.03. The molecule has 0 aliphatic carbocycles. The second kappa shape index (κ2) is 5.27. The van der Waals surface area contributed by atoms with Gasteiger partial charge in [0.05, 0.1) is 6.61 Å². The smallest absolute Gasteiger partial charge is 0.165 e. The first-order valence-corrected chi connectivity index (χ1v) is 7.11. The summed E-state index contributed by atoms with van der Waals surface area (Å²) in [6.07, 6.45) is 2.72. The predicted molar refractivity (Wildman–Crippen MR) is 72.9 cm³/mol. The molecule has 2 aromatic rings. The Balaban J connectivity index is 1.75. The summed E-state index contributed by atoms with van der Waals surface area (Å²) in [6.45, 7) is 3.29. The van der Waals surface area contributed by atoms with Crippen molar-refractivity contribution in [3.05, 3.63) is 45.7 Å². The van der Waals surface area contributed by atoms with Crippen molar-refractivity contribution < 1.29 is 9.13 Å². The van der Waals surface area contributed by atoms with Crippen LogP contribution in [0.3, 0.4) is 0 Å². The molecular weight excluding hydrogens is 263 g/mol. The van der Waals surface area contributed by atoms with Gasteiger partial charge < -0.3 is 10.1 Å². The van der Waals surface area contributed by atoms with Gasteiger partial charge in [-0.3, -0.25) is 0 Å². The molecular formula is C14H15FN2OS. The zero-order valence-corrected chi connectivity index (χ0v) is 11.5. The van der Waals surface area contributed by atoms with Gasteiger partial charge in [-0.05, 0) is 13.0 Å². The standard InChI is InChI=1S/C14H15FN2OS/c1-9-7-17-13(19-9)8-16-12-5-6-18-14-10(12)3-2-4-11(14)15/h2-4,7,12,16H,5-6,8H2,1H3/t12-/m1/s1. The molecule has 0 saturated heterocycles. The first kappa shape index (κ1) is 12.6. The van der Waals surface area contributed by atoms with E-state index in [0.29, 0.717) is 18.9 Å². The molecule has 1 aromatic heterocycles. The molecule has 19 heavy (non-hydrogen) atoms. The number of hydrogen-bond donors (Lipinski definition) is 1. The molecule has 3 rings (SSSR count). The van der Waals surface area contributed by atoms with Crippen LogP contribution in [0.25, 0.3) is 0 Å². The molecule has 0 amide bonds.